The molecule has 0 aliphatic carbocycles. The van der Waals surface area contributed by atoms with Gasteiger partial charge in [-0.25, -0.2) is 8.42 Å². The van der Waals surface area contributed by atoms with Crippen LogP contribution in [0.15, 0.2) is 0 Å². The van der Waals surface area contributed by atoms with Crippen LogP contribution in [0.4, 0.5) is 0 Å². The third kappa shape index (κ3) is 7.18. The predicted octanol–water partition coefficient (Wildman–Crippen LogP) is 0.347. The molecule has 0 radical (unpaired) electrons. The van der Waals surface area contributed by atoms with E-state index >= 15 is 0 Å². The highest BCUT2D eigenvalue weighted by Gasteiger charge is 2.20. The van der Waals surface area contributed by atoms with Gasteiger partial charge in [0, 0.05) is 12.6 Å². The van der Waals surface area contributed by atoms with Gasteiger partial charge in [0.1, 0.15) is 5.75 Å². The zero-order valence-electron chi connectivity index (χ0n) is 10.9. The summed E-state index contributed by atoms with van der Waals surface area (Å²) in [6.07, 6.45) is 2.16. The number of carbonyl (C=O) groups is 1. The average molecular weight is 299 g/mol. The van der Waals surface area contributed by atoms with Crippen LogP contribution in [0.5, 0.6) is 0 Å². The Hall–Kier alpha value is -0.330. The average Bonchev–Trinajstić information content (AvgIpc) is 2.63. The van der Waals surface area contributed by atoms with Crippen molar-refractivity contribution in [1.29, 1.82) is 0 Å². The molecule has 0 spiro atoms. The molecule has 0 aromatic carbocycles. The molecule has 1 saturated heterocycles. The maximum absolute atomic E-state index is 11.6. The summed E-state index contributed by atoms with van der Waals surface area (Å²) in [5, 5.41) is 5.92. The number of rotatable bonds is 6. The zero-order chi connectivity index (χ0) is 12.9. The van der Waals surface area contributed by atoms with E-state index in [-0.39, 0.29) is 30.0 Å². The van der Waals surface area contributed by atoms with E-state index in [9.17, 15) is 13.2 Å². The van der Waals surface area contributed by atoms with Gasteiger partial charge in [0.15, 0.2) is 9.84 Å². The minimum absolute atomic E-state index is 0. The Balaban J connectivity index is 0.00000289. The molecule has 108 valence electrons. The van der Waals surface area contributed by atoms with Gasteiger partial charge in [-0.1, -0.05) is 13.8 Å². The summed E-state index contributed by atoms with van der Waals surface area (Å²) in [6, 6.07) is 0.298. The van der Waals surface area contributed by atoms with E-state index in [1.807, 2.05) is 13.8 Å². The van der Waals surface area contributed by atoms with Gasteiger partial charge in [-0.05, 0) is 25.3 Å². The van der Waals surface area contributed by atoms with Crippen molar-refractivity contribution in [2.45, 2.75) is 32.7 Å². The molecule has 2 N–H and O–H groups in total. The second kappa shape index (κ2) is 7.96. The molecule has 1 unspecified atom stereocenters. The van der Waals surface area contributed by atoms with Crippen molar-refractivity contribution in [3.05, 3.63) is 0 Å². The molecule has 1 amide bonds. The van der Waals surface area contributed by atoms with Crippen molar-refractivity contribution in [2.24, 2.45) is 5.92 Å². The van der Waals surface area contributed by atoms with Crippen LogP contribution in [0.1, 0.15) is 26.7 Å². The predicted molar refractivity (Wildman–Crippen MR) is 74.8 cm³/mol. The van der Waals surface area contributed by atoms with Crippen molar-refractivity contribution >= 4 is 28.2 Å². The van der Waals surface area contributed by atoms with Gasteiger partial charge in [-0.15, -0.1) is 12.4 Å². The molecule has 1 heterocycles. The lowest BCUT2D eigenvalue weighted by atomic mass is 10.2. The van der Waals surface area contributed by atoms with Crippen LogP contribution in [0, 0.1) is 5.92 Å². The maximum atomic E-state index is 11.6. The Morgan fingerprint density at radius 1 is 1.44 bits per heavy atom. The fourth-order valence-electron chi connectivity index (χ4n) is 1.99. The summed E-state index contributed by atoms with van der Waals surface area (Å²) in [4.78, 5) is 11.5. The first-order valence-electron chi connectivity index (χ1n) is 6.09. The van der Waals surface area contributed by atoms with Crippen LogP contribution in [-0.4, -0.2) is 45.0 Å². The van der Waals surface area contributed by atoms with E-state index in [1.54, 1.807) is 0 Å². The number of carbonyl (C=O) groups excluding carboxylic acids is 1. The Bertz CT molecular complexity index is 351. The van der Waals surface area contributed by atoms with E-state index in [0.29, 0.717) is 12.6 Å². The van der Waals surface area contributed by atoms with E-state index < -0.39 is 15.6 Å². The van der Waals surface area contributed by atoms with Crippen molar-refractivity contribution in [2.75, 3.05) is 24.6 Å². The van der Waals surface area contributed by atoms with Gasteiger partial charge < -0.3 is 10.6 Å². The molecule has 1 aliphatic heterocycles. The lowest BCUT2D eigenvalue weighted by Gasteiger charge is -2.12. The Labute approximate surface area is 115 Å². The topological polar surface area (TPSA) is 75.3 Å². The molecular weight excluding hydrogens is 276 g/mol. The smallest absolute Gasteiger partial charge is 0.235 e. The highest BCUT2D eigenvalue weighted by Crippen LogP contribution is 2.03. The molecule has 0 bridgehead atoms. The quantitative estimate of drug-likeness (QED) is 0.742. The minimum Gasteiger partial charge on any atom is -0.354 e. The summed E-state index contributed by atoms with van der Waals surface area (Å²) in [5.41, 5.74) is 0. The van der Waals surface area contributed by atoms with Gasteiger partial charge in [0.2, 0.25) is 5.91 Å². The molecule has 7 heteroatoms. The SMILES string of the molecule is CC(C)CS(=O)(=O)CC(=O)NCC1CCCN1.Cl. The molecule has 5 nitrogen and oxygen atoms in total. The lowest BCUT2D eigenvalue weighted by molar-refractivity contribution is -0.118. The third-order valence-corrected chi connectivity index (χ3v) is 4.52. The molecule has 0 aromatic heterocycles. The van der Waals surface area contributed by atoms with E-state index in [0.717, 1.165) is 19.4 Å². The van der Waals surface area contributed by atoms with E-state index in [2.05, 4.69) is 10.6 Å². The van der Waals surface area contributed by atoms with Gasteiger partial charge in [-0.3, -0.25) is 4.79 Å². The number of halogens is 1. The second-order valence-corrected chi connectivity index (χ2v) is 7.15. The summed E-state index contributed by atoms with van der Waals surface area (Å²) < 4.78 is 23.1. The normalized spacial score (nSPS) is 19.6. The Kier molecular flexibility index (Phi) is 7.82. The van der Waals surface area contributed by atoms with Gasteiger partial charge in [0.25, 0.3) is 0 Å². The summed E-state index contributed by atoms with van der Waals surface area (Å²) in [5.74, 6) is -0.649. The highest BCUT2D eigenvalue weighted by atomic mass is 35.5. The fraction of sp³-hybridized carbons (Fsp3) is 0.909. The van der Waals surface area contributed by atoms with Crippen LogP contribution < -0.4 is 10.6 Å². The molecule has 1 fully saturated rings. The van der Waals surface area contributed by atoms with Gasteiger partial charge in [-0.2, -0.15) is 0 Å². The number of hydrogen-bond acceptors (Lipinski definition) is 4. The number of amides is 1. The first kappa shape index (κ1) is 17.7. The summed E-state index contributed by atoms with van der Waals surface area (Å²) in [6.45, 7) is 5.16. The fourth-order valence-corrected chi connectivity index (χ4v) is 3.62. The number of nitrogens with one attached hydrogen (secondary N) is 2. The van der Waals surface area contributed by atoms with Crippen LogP contribution in [0.2, 0.25) is 0 Å². The molecule has 1 aliphatic rings. The third-order valence-electron chi connectivity index (χ3n) is 2.65. The van der Waals surface area contributed by atoms with E-state index in [1.165, 1.54) is 0 Å². The molecule has 0 aromatic rings. The lowest BCUT2D eigenvalue weighted by Crippen LogP contribution is -2.40. The van der Waals surface area contributed by atoms with Crippen LogP contribution in [0.25, 0.3) is 0 Å². The van der Waals surface area contributed by atoms with Crippen molar-refractivity contribution in [3.63, 3.8) is 0 Å². The Morgan fingerprint density at radius 2 is 2.11 bits per heavy atom. The molecule has 1 rings (SSSR count). The molecule has 1 atom stereocenters. The van der Waals surface area contributed by atoms with Crippen molar-refractivity contribution in [1.82, 2.24) is 10.6 Å². The maximum Gasteiger partial charge on any atom is 0.235 e. The molecule has 18 heavy (non-hydrogen) atoms. The monoisotopic (exact) mass is 298 g/mol. The van der Waals surface area contributed by atoms with Gasteiger partial charge >= 0.3 is 0 Å². The van der Waals surface area contributed by atoms with E-state index in [4.69, 9.17) is 0 Å². The molecular formula is C11H23ClN2O3S. The highest BCUT2D eigenvalue weighted by molar-refractivity contribution is 7.92. The Morgan fingerprint density at radius 3 is 2.61 bits per heavy atom. The largest absolute Gasteiger partial charge is 0.354 e. The minimum atomic E-state index is -3.26. The first-order chi connectivity index (χ1) is 7.89. The standard InChI is InChI=1S/C11H22N2O3S.ClH/c1-9(2)7-17(15,16)8-11(14)13-6-10-4-3-5-12-10;/h9-10,12H,3-8H2,1-2H3,(H,13,14);1H. The second-order valence-electron chi connectivity index (χ2n) is 5.05. The van der Waals surface area contributed by atoms with Crippen LogP contribution >= 0.6 is 12.4 Å². The number of hydrogen-bond donors (Lipinski definition) is 2. The van der Waals surface area contributed by atoms with Gasteiger partial charge in [0.05, 0.1) is 5.75 Å². The molecule has 0 saturated carbocycles. The van der Waals surface area contributed by atoms with Crippen LogP contribution in [0.3, 0.4) is 0 Å². The number of sulfone groups is 1. The van der Waals surface area contributed by atoms with Crippen molar-refractivity contribution < 1.29 is 13.2 Å². The summed E-state index contributed by atoms with van der Waals surface area (Å²) >= 11 is 0. The summed E-state index contributed by atoms with van der Waals surface area (Å²) in [7, 11) is -3.26. The first-order valence-corrected chi connectivity index (χ1v) is 7.91. The zero-order valence-corrected chi connectivity index (χ0v) is 12.6. The van der Waals surface area contributed by atoms with Crippen molar-refractivity contribution in [3.8, 4) is 0 Å². The van der Waals surface area contributed by atoms with Crippen LogP contribution in [-0.2, 0) is 14.6 Å².